The van der Waals surface area contributed by atoms with E-state index in [0.29, 0.717) is 37.6 Å². The molecule has 0 atom stereocenters. The molecule has 0 bridgehead atoms. The van der Waals surface area contributed by atoms with Gasteiger partial charge in [-0.25, -0.2) is 8.42 Å². The van der Waals surface area contributed by atoms with Gasteiger partial charge in [0.2, 0.25) is 15.9 Å². The highest BCUT2D eigenvalue weighted by Gasteiger charge is 2.32. The molecule has 1 aliphatic rings. The van der Waals surface area contributed by atoms with Crippen molar-refractivity contribution in [2.45, 2.75) is 57.4 Å². The summed E-state index contributed by atoms with van der Waals surface area (Å²) in [5.74, 6) is 0.833. The summed E-state index contributed by atoms with van der Waals surface area (Å²) in [4.78, 5) is 12.4. The van der Waals surface area contributed by atoms with Crippen LogP contribution in [-0.2, 0) is 27.8 Å². The van der Waals surface area contributed by atoms with Crippen LogP contribution in [0.2, 0.25) is 0 Å². The Morgan fingerprint density at radius 3 is 2.71 bits per heavy atom. The number of nitrogens with one attached hydrogen (secondary N) is 1. The van der Waals surface area contributed by atoms with Crippen LogP contribution >= 0.6 is 0 Å². The maximum atomic E-state index is 12.9. The standard InChI is InChI=1S/C19H28N4O4S/c1-15-19(28(25,26)22-11-3-4-12-22)16(2)23(21-15)13-9-18(24)20-10-5-7-17-8-6-14-27-17/h6,8,14H,3-5,7,9-13H2,1-2H3,(H,20,24). The second kappa shape index (κ2) is 8.91. The molecule has 0 saturated carbocycles. The summed E-state index contributed by atoms with van der Waals surface area (Å²) in [7, 11) is -3.52. The predicted octanol–water partition coefficient (Wildman–Crippen LogP) is 2.02. The predicted molar refractivity (Wildman–Crippen MR) is 104 cm³/mol. The molecule has 154 valence electrons. The first-order valence-corrected chi connectivity index (χ1v) is 11.2. The van der Waals surface area contributed by atoms with Crippen LogP contribution in [0, 0.1) is 13.8 Å². The third kappa shape index (κ3) is 4.64. The van der Waals surface area contributed by atoms with E-state index < -0.39 is 10.0 Å². The topological polar surface area (TPSA) is 97.4 Å². The Hall–Kier alpha value is -2.13. The molecule has 2 aromatic heterocycles. The van der Waals surface area contributed by atoms with Crippen LogP contribution in [0.3, 0.4) is 0 Å². The highest BCUT2D eigenvalue weighted by atomic mass is 32.2. The third-order valence-corrected chi connectivity index (χ3v) is 7.18. The molecule has 1 amide bonds. The number of amides is 1. The van der Waals surface area contributed by atoms with E-state index in [2.05, 4.69) is 10.4 Å². The molecule has 0 aliphatic carbocycles. The summed E-state index contributed by atoms with van der Waals surface area (Å²) in [5.41, 5.74) is 1.08. The normalized spacial score (nSPS) is 15.2. The largest absolute Gasteiger partial charge is 0.469 e. The molecule has 1 fully saturated rings. The molecule has 0 radical (unpaired) electrons. The van der Waals surface area contributed by atoms with E-state index in [1.54, 1.807) is 24.8 Å². The van der Waals surface area contributed by atoms with Crippen LogP contribution < -0.4 is 5.32 Å². The van der Waals surface area contributed by atoms with Crippen molar-refractivity contribution in [2.75, 3.05) is 19.6 Å². The van der Waals surface area contributed by atoms with E-state index in [1.807, 2.05) is 12.1 Å². The second-order valence-electron chi connectivity index (χ2n) is 7.12. The number of rotatable bonds is 9. The van der Waals surface area contributed by atoms with E-state index in [-0.39, 0.29) is 17.2 Å². The molecule has 9 heteroatoms. The molecule has 1 N–H and O–H groups in total. The fraction of sp³-hybridized carbons (Fsp3) is 0.579. The van der Waals surface area contributed by atoms with Gasteiger partial charge in [-0.3, -0.25) is 9.48 Å². The number of furan rings is 1. The van der Waals surface area contributed by atoms with Crippen LogP contribution in [0.1, 0.15) is 42.8 Å². The van der Waals surface area contributed by atoms with Crippen molar-refractivity contribution in [1.82, 2.24) is 19.4 Å². The number of hydrogen-bond acceptors (Lipinski definition) is 5. The fourth-order valence-electron chi connectivity index (χ4n) is 3.57. The molecule has 28 heavy (non-hydrogen) atoms. The van der Waals surface area contributed by atoms with Gasteiger partial charge in [0.1, 0.15) is 10.7 Å². The highest BCUT2D eigenvalue weighted by Crippen LogP contribution is 2.26. The number of aryl methyl sites for hydroxylation is 3. The zero-order valence-electron chi connectivity index (χ0n) is 16.5. The number of aromatic nitrogens is 2. The molecule has 1 saturated heterocycles. The van der Waals surface area contributed by atoms with Gasteiger partial charge in [0.05, 0.1) is 24.2 Å². The lowest BCUT2D eigenvalue weighted by atomic mass is 10.2. The van der Waals surface area contributed by atoms with Crippen molar-refractivity contribution in [3.8, 4) is 0 Å². The number of hydrogen-bond donors (Lipinski definition) is 1. The summed E-state index contributed by atoms with van der Waals surface area (Å²) in [6, 6.07) is 3.76. The summed E-state index contributed by atoms with van der Waals surface area (Å²) >= 11 is 0. The Kier molecular flexibility index (Phi) is 6.56. The summed E-state index contributed by atoms with van der Waals surface area (Å²) in [5, 5.41) is 7.25. The van der Waals surface area contributed by atoms with Crippen molar-refractivity contribution in [2.24, 2.45) is 0 Å². The van der Waals surface area contributed by atoms with Crippen molar-refractivity contribution in [1.29, 1.82) is 0 Å². The third-order valence-electron chi connectivity index (χ3n) is 5.03. The van der Waals surface area contributed by atoms with Crippen LogP contribution in [0.15, 0.2) is 27.7 Å². The lowest BCUT2D eigenvalue weighted by Gasteiger charge is -2.15. The summed E-state index contributed by atoms with van der Waals surface area (Å²) in [6.45, 7) is 5.52. The smallest absolute Gasteiger partial charge is 0.246 e. The zero-order chi connectivity index (χ0) is 20.1. The van der Waals surface area contributed by atoms with Crippen molar-refractivity contribution in [3.05, 3.63) is 35.5 Å². The van der Waals surface area contributed by atoms with Gasteiger partial charge in [0, 0.05) is 32.5 Å². The van der Waals surface area contributed by atoms with Gasteiger partial charge in [0.25, 0.3) is 0 Å². The zero-order valence-corrected chi connectivity index (χ0v) is 17.3. The molecule has 0 unspecified atom stereocenters. The van der Waals surface area contributed by atoms with Crippen molar-refractivity contribution in [3.63, 3.8) is 0 Å². The van der Waals surface area contributed by atoms with Gasteiger partial charge in [-0.05, 0) is 45.2 Å². The second-order valence-corrected chi connectivity index (χ2v) is 8.99. The molecule has 3 heterocycles. The van der Waals surface area contributed by atoms with Crippen LogP contribution in [0.25, 0.3) is 0 Å². The SMILES string of the molecule is Cc1nn(CCC(=O)NCCCc2ccco2)c(C)c1S(=O)(=O)N1CCCC1. The molecule has 0 spiro atoms. The minimum atomic E-state index is -3.52. The van der Waals surface area contributed by atoms with Crippen LogP contribution in [0.5, 0.6) is 0 Å². The Labute approximate surface area is 165 Å². The number of carbonyl (C=O) groups excluding carboxylic acids is 1. The Bertz CT molecular complexity index is 897. The number of carbonyl (C=O) groups is 1. The monoisotopic (exact) mass is 408 g/mol. The van der Waals surface area contributed by atoms with Gasteiger partial charge in [0.15, 0.2) is 0 Å². The quantitative estimate of drug-likeness (QED) is 0.640. The molecule has 1 aliphatic heterocycles. The van der Waals surface area contributed by atoms with Gasteiger partial charge in [-0.1, -0.05) is 0 Å². The first-order valence-electron chi connectivity index (χ1n) is 9.73. The maximum Gasteiger partial charge on any atom is 0.246 e. The lowest BCUT2D eigenvalue weighted by Crippen LogP contribution is -2.29. The van der Waals surface area contributed by atoms with E-state index in [4.69, 9.17) is 4.42 Å². The molecular formula is C19H28N4O4S. The van der Waals surface area contributed by atoms with Gasteiger partial charge < -0.3 is 9.73 Å². The van der Waals surface area contributed by atoms with Gasteiger partial charge in [-0.2, -0.15) is 9.40 Å². The molecule has 0 aromatic carbocycles. The average Bonchev–Trinajstić information content (AvgIpc) is 3.39. The molecular weight excluding hydrogens is 380 g/mol. The fourth-order valence-corrected chi connectivity index (χ4v) is 5.46. The molecule has 8 nitrogen and oxygen atoms in total. The van der Waals surface area contributed by atoms with E-state index in [0.717, 1.165) is 31.4 Å². The first kappa shape index (κ1) is 20.6. The number of sulfonamides is 1. The minimum absolute atomic E-state index is 0.0732. The first-order chi connectivity index (χ1) is 13.4. The molecule has 3 rings (SSSR count). The lowest BCUT2D eigenvalue weighted by molar-refractivity contribution is -0.121. The average molecular weight is 409 g/mol. The van der Waals surface area contributed by atoms with Crippen LogP contribution in [0.4, 0.5) is 0 Å². The van der Waals surface area contributed by atoms with E-state index in [9.17, 15) is 13.2 Å². The highest BCUT2D eigenvalue weighted by molar-refractivity contribution is 7.89. The van der Waals surface area contributed by atoms with Gasteiger partial charge in [-0.15, -0.1) is 0 Å². The Morgan fingerprint density at radius 1 is 1.29 bits per heavy atom. The Balaban J connectivity index is 1.52. The molecule has 2 aromatic rings. The number of nitrogens with zero attached hydrogens (tertiary/aromatic N) is 3. The summed E-state index contributed by atoms with van der Waals surface area (Å²) < 4.78 is 34.2. The summed E-state index contributed by atoms with van der Waals surface area (Å²) in [6.07, 6.45) is 5.27. The van der Waals surface area contributed by atoms with E-state index >= 15 is 0 Å². The van der Waals surface area contributed by atoms with Crippen molar-refractivity contribution >= 4 is 15.9 Å². The van der Waals surface area contributed by atoms with Gasteiger partial charge >= 0.3 is 0 Å². The van der Waals surface area contributed by atoms with Crippen LogP contribution in [-0.4, -0.2) is 48.0 Å². The minimum Gasteiger partial charge on any atom is -0.469 e. The maximum absolute atomic E-state index is 12.9. The van der Waals surface area contributed by atoms with Crippen molar-refractivity contribution < 1.29 is 17.6 Å². The van der Waals surface area contributed by atoms with E-state index in [1.165, 1.54) is 4.31 Å². The Morgan fingerprint density at radius 2 is 2.04 bits per heavy atom.